The smallest absolute Gasteiger partial charge is 0.339 e. The predicted molar refractivity (Wildman–Crippen MR) is 140 cm³/mol. The number of nitrogens with zero attached hydrogens (tertiary/aromatic N) is 2. The number of nitrogens with one attached hydrogen (secondary N) is 1. The molecule has 10 heteroatoms. The number of primary amides is 1. The van der Waals surface area contributed by atoms with Gasteiger partial charge in [0.25, 0.3) is 0 Å². The Balaban J connectivity index is 0.000000336. The minimum Gasteiger partial charge on any atom is -0.507 e. The number of aromatic nitrogens is 1. The minimum absolute atomic E-state index is 0.0671. The average Bonchev–Trinajstić information content (AvgIpc) is 2.89. The van der Waals surface area contributed by atoms with E-state index in [1.54, 1.807) is 36.5 Å². The number of aromatic hydroxyl groups is 1. The number of rotatable bonds is 6. The lowest BCUT2D eigenvalue weighted by Crippen LogP contribution is -2.28. The quantitative estimate of drug-likeness (QED) is 0.377. The molecule has 0 spiro atoms. The number of para-hydroxylation sites is 1. The number of carboxylic acid groups (broad SMARTS) is 1. The molecule has 2 aromatic carbocycles. The Bertz CT molecular complexity index is 1460. The molecule has 1 aliphatic rings. The Morgan fingerprint density at radius 3 is 2.47 bits per heavy atom. The number of methoxy groups -OCH3 is 1. The summed E-state index contributed by atoms with van der Waals surface area (Å²) in [7, 11) is 1.53. The molecular formula is C28H28N4O6. The first-order valence-corrected chi connectivity index (χ1v) is 11.6. The fourth-order valence-electron chi connectivity index (χ4n) is 4.22. The summed E-state index contributed by atoms with van der Waals surface area (Å²) >= 11 is 0. The van der Waals surface area contributed by atoms with Crippen molar-refractivity contribution >= 4 is 17.6 Å². The predicted octanol–water partition coefficient (Wildman–Crippen LogP) is 4.08. The molecule has 0 unspecified atom stereocenters. The minimum atomic E-state index is -1.11. The van der Waals surface area contributed by atoms with E-state index >= 15 is 0 Å². The molecule has 10 nitrogen and oxygen atoms in total. The third-order valence-electron chi connectivity index (χ3n) is 5.92. The van der Waals surface area contributed by atoms with E-state index in [9.17, 15) is 14.9 Å². The van der Waals surface area contributed by atoms with E-state index < -0.39 is 17.8 Å². The highest BCUT2D eigenvalue weighted by Gasteiger charge is 2.36. The van der Waals surface area contributed by atoms with E-state index in [4.69, 9.17) is 25.4 Å². The molecule has 2 heterocycles. The summed E-state index contributed by atoms with van der Waals surface area (Å²) in [4.78, 5) is 27.1. The van der Waals surface area contributed by atoms with Crippen LogP contribution >= 0.6 is 0 Å². The van der Waals surface area contributed by atoms with Crippen molar-refractivity contribution in [2.24, 2.45) is 5.73 Å². The van der Waals surface area contributed by atoms with Gasteiger partial charge in [0.1, 0.15) is 17.1 Å². The van der Waals surface area contributed by atoms with E-state index in [0.717, 1.165) is 16.8 Å². The van der Waals surface area contributed by atoms with Gasteiger partial charge in [0.15, 0.2) is 0 Å². The summed E-state index contributed by atoms with van der Waals surface area (Å²) in [6, 6.07) is 13.0. The zero-order chi connectivity index (χ0) is 28.0. The highest BCUT2D eigenvalue weighted by molar-refractivity contribution is 5.98. The zero-order valence-corrected chi connectivity index (χ0v) is 21.4. The number of fused-ring (bicyclic) bond motifs is 1. The second-order valence-electron chi connectivity index (χ2n) is 8.32. The van der Waals surface area contributed by atoms with Gasteiger partial charge in [-0.3, -0.25) is 4.79 Å². The van der Waals surface area contributed by atoms with Gasteiger partial charge in [0, 0.05) is 23.0 Å². The number of allylic oxidation sites excluding steroid dienone is 1. The number of hydrogen-bond donors (Lipinski definition) is 4. The number of phenols is 1. The topological polar surface area (TPSA) is 168 Å². The molecule has 0 radical (unpaired) electrons. The number of aromatic carboxylic acids is 1. The number of benzene rings is 2. The molecule has 4 rings (SSSR count). The molecule has 0 fully saturated rings. The van der Waals surface area contributed by atoms with Gasteiger partial charge < -0.3 is 30.7 Å². The molecule has 0 aliphatic carbocycles. The van der Waals surface area contributed by atoms with Gasteiger partial charge in [0.05, 0.1) is 42.5 Å². The van der Waals surface area contributed by atoms with Crippen LogP contribution in [0.15, 0.2) is 59.9 Å². The summed E-state index contributed by atoms with van der Waals surface area (Å²) in [5.74, 6) is -1.47. The van der Waals surface area contributed by atoms with Gasteiger partial charge in [-0.15, -0.1) is 0 Å². The fraction of sp³-hybridized carbons (Fsp3) is 0.214. The SMILES string of the molecule is CCOc1ncc(C)c2c1[C@H](c1ccc(C#N)cc1OC)C(C(N)=O)=C(C)N2.O=C(O)c1ccccc1O. The number of hydrogen-bond acceptors (Lipinski definition) is 8. The third-order valence-corrected chi connectivity index (χ3v) is 5.92. The molecule has 1 aromatic heterocycles. The van der Waals surface area contributed by atoms with Crippen LogP contribution in [0.5, 0.6) is 17.4 Å². The first-order valence-electron chi connectivity index (χ1n) is 11.6. The highest BCUT2D eigenvalue weighted by Crippen LogP contribution is 2.48. The van der Waals surface area contributed by atoms with Crippen molar-refractivity contribution in [2.45, 2.75) is 26.7 Å². The number of ether oxygens (including phenoxy) is 2. The number of carbonyl (C=O) groups excluding carboxylic acids is 1. The van der Waals surface area contributed by atoms with Crippen molar-refractivity contribution in [2.75, 3.05) is 19.0 Å². The first kappa shape index (κ1) is 27.5. The molecule has 0 saturated heterocycles. The molecule has 1 aliphatic heterocycles. The zero-order valence-electron chi connectivity index (χ0n) is 21.4. The summed E-state index contributed by atoms with van der Waals surface area (Å²) in [6.45, 7) is 6.04. The Morgan fingerprint density at radius 2 is 1.92 bits per heavy atom. The molecule has 5 N–H and O–H groups in total. The van der Waals surface area contributed by atoms with E-state index in [2.05, 4.69) is 16.4 Å². The van der Waals surface area contributed by atoms with Crippen LogP contribution < -0.4 is 20.5 Å². The van der Waals surface area contributed by atoms with Crippen LogP contribution in [0.3, 0.4) is 0 Å². The second kappa shape index (κ2) is 11.8. The van der Waals surface area contributed by atoms with Crippen LogP contribution in [0.2, 0.25) is 0 Å². The lowest BCUT2D eigenvalue weighted by molar-refractivity contribution is -0.114. The lowest BCUT2D eigenvalue weighted by Gasteiger charge is -2.32. The lowest BCUT2D eigenvalue weighted by atomic mass is 9.79. The van der Waals surface area contributed by atoms with Crippen LogP contribution in [0, 0.1) is 18.3 Å². The van der Waals surface area contributed by atoms with E-state index in [1.807, 2.05) is 20.8 Å². The first-order chi connectivity index (χ1) is 18.1. The molecule has 3 aromatic rings. The van der Waals surface area contributed by atoms with Crippen LogP contribution in [0.4, 0.5) is 5.69 Å². The number of amides is 1. The fourth-order valence-corrected chi connectivity index (χ4v) is 4.22. The number of nitrogens with two attached hydrogens (primary N) is 1. The number of aryl methyl sites for hydroxylation is 1. The summed E-state index contributed by atoms with van der Waals surface area (Å²) in [5, 5.41) is 29.8. The van der Waals surface area contributed by atoms with E-state index in [0.29, 0.717) is 40.6 Å². The molecule has 1 amide bonds. The van der Waals surface area contributed by atoms with Gasteiger partial charge in [0.2, 0.25) is 11.8 Å². The van der Waals surface area contributed by atoms with Crippen molar-refractivity contribution in [3.8, 4) is 23.4 Å². The van der Waals surface area contributed by atoms with Gasteiger partial charge in [-0.1, -0.05) is 18.2 Å². The number of anilines is 1. The number of carbonyl (C=O) groups is 2. The maximum atomic E-state index is 12.4. The molecule has 196 valence electrons. The standard InChI is InChI=1S/C21H22N4O3.C7H6O3/c1-5-28-21-18-17(14-7-6-13(9-22)8-15(14)27-4)16(20(23)26)12(3)25-19(18)11(2)10-24-21;8-6-4-2-1-3-5(6)7(9)10/h6-8,10,17,25H,5H2,1-4H3,(H2,23,26);1-4,8H,(H,9,10)/t17-;/m1./s1. The Labute approximate surface area is 220 Å². The summed E-state index contributed by atoms with van der Waals surface area (Å²) in [5.41, 5.74) is 10.4. The monoisotopic (exact) mass is 516 g/mol. The van der Waals surface area contributed by atoms with Gasteiger partial charge >= 0.3 is 5.97 Å². The number of pyridine rings is 1. The van der Waals surface area contributed by atoms with Crippen molar-refractivity contribution in [3.63, 3.8) is 0 Å². The van der Waals surface area contributed by atoms with E-state index in [1.165, 1.54) is 19.2 Å². The molecule has 1 atom stereocenters. The van der Waals surface area contributed by atoms with Gasteiger partial charge in [-0.2, -0.15) is 5.26 Å². The summed E-state index contributed by atoms with van der Waals surface area (Å²) < 4.78 is 11.3. The van der Waals surface area contributed by atoms with Crippen molar-refractivity contribution in [1.82, 2.24) is 4.98 Å². The summed E-state index contributed by atoms with van der Waals surface area (Å²) in [6.07, 6.45) is 1.73. The molecule has 0 saturated carbocycles. The van der Waals surface area contributed by atoms with E-state index in [-0.39, 0.29) is 11.3 Å². The molecule has 0 bridgehead atoms. The van der Waals surface area contributed by atoms with Crippen LogP contribution in [0.25, 0.3) is 0 Å². The van der Waals surface area contributed by atoms with Crippen LogP contribution in [-0.4, -0.2) is 40.8 Å². The Hall–Kier alpha value is -5.04. The van der Waals surface area contributed by atoms with Crippen molar-refractivity contribution < 1.29 is 29.3 Å². The second-order valence-corrected chi connectivity index (χ2v) is 8.32. The maximum Gasteiger partial charge on any atom is 0.339 e. The van der Waals surface area contributed by atoms with Crippen molar-refractivity contribution in [3.05, 3.63) is 87.7 Å². The number of nitriles is 1. The van der Waals surface area contributed by atoms with Gasteiger partial charge in [-0.25, -0.2) is 9.78 Å². The Morgan fingerprint density at radius 1 is 1.21 bits per heavy atom. The van der Waals surface area contributed by atoms with Crippen molar-refractivity contribution in [1.29, 1.82) is 5.26 Å². The van der Waals surface area contributed by atoms with Gasteiger partial charge in [-0.05, 0) is 50.6 Å². The Kier molecular flexibility index (Phi) is 8.55. The average molecular weight is 517 g/mol. The molecular weight excluding hydrogens is 488 g/mol. The normalized spacial score (nSPS) is 13.7. The number of carboxylic acids is 1. The van der Waals surface area contributed by atoms with Crippen LogP contribution in [0.1, 0.15) is 52.4 Å². The largest absolute Gasteiger partial charge is 0.507 e. The third kappa shape index (κ3) is 5.52. The maximum absolute atomic E-state index is 12.4. The molecule has 38 heavy (non-hydrogen) atoms. The van der Waals surface area contributed by atoms with Crippen LogP contribution in [-0.2, 0) is 4.79 Å². The highest BCUT2D eigenvalue weighted by atomic mass is 16.5.